The number of benzene rings is 1. The van der Waals surface area contributed by atoms with Crippen LogP contribution >= 0.6 is 0 Å². The van der Waals surface area contributed by atoms with Gasteiger partial charge in [-0.15, -0.1) is 0 Å². The van der Waals surface area contributed by atoms with Crippen LogP contribution in [-0.2, 0) is 6.42 Å². The van der Waals surface area contributed by atoms with Gasteiger partial charge in [0.2, 0.25) is 0 Å². The maximum absolute atomic E-state index is 3.55. The van der Waals surface area contributed by atoms with E-state index in [1.54, 1.807) is 0 Å². The maximum Gasteiger partial charge on any atom is 0.0233 e. The third-order valence-electron chi connectivity index (χ3n) is 3.31. The van der Waals surface area contributed by atoms with Crippen LogP contribution in [0.3, 0.4) is 0 Å². The predicted molar refractivity (Wildman–Crippen MR) is 64.3 cm³/mol. The largest absolute Gasteiger partial charge is 0.314 e. The molecule has 2 rings (SSSR count). The van der Waals surface area contributed by atoms with E-state index in [0.717, 1.165) is 26.1 Å². The van der Waals surface area contributed by atoms with Crippen molar-refractivity contribution in [1.29, 1.82) is 0 Å². The highest BCUT2D eigenvalue weighted by Gasteiger charge is 2.13. The molecule has 2 N–H and O–H groups in total. The average molecular weight is 204 g/mol. The minimum absolute atomic E-state index is 0.597. The van der Waals surface area contributed by atoms with Gasteiger partial charge in [0.25, 0.3) is 0 Å². The lowest BCUT2D eigenvalue weighted by Gasteiger charge is -2.25. The molecule has 0 amide bonds. The first-order chi connectivity index (χ1) is 7.27. The third-order valence-corrected chi connectivity index (χ3v) is 3.31. The quantitative estimate of drug-likeness (QED) is 0.761. The highest BCUT2D eigenvalue weighted by Crippen LogP contribution is 2.14. The van der Waals surface area contributed by atoms with Crippen molar-refractivity contribution >= 4 is 0 Å². The Morgan fingerprint density at radius 1 is 1.27 bits per heavy atom. The van der Waals surface area contributed by atoms with Gasteiger partial charge in [-0.25, -0.2) is 0 Å². The fourth-order valence-corrected chi connectivity index (χ4v) is 2.16. The Morgan fingerprint density at radius 3 is 2.87 bits per heavy atom. The van der Waals surface area contributed by atoms with Crippen LogP contribution in [0.2, 0.25) is 0 Å². The van der Waals surface area contributed by atoms with Crippen molar-refractivity contribution in [2.45, 2.75) is 26.3 Å². The summed E-state index contributed by atoms with van der Waals surface area (Å²) in [6.45, 7) is 7.69. The van der Waals surface area contributed by atoms with Crippen LogP contribution < -0.4 is 10.6 Å². The van der Waals surface area contributed by atoms with Crippen molar-refractivity contribution in [3.63, 3.8) is 0 Å². The van der Waals surface area contributed by atoms with E-state index < -0.39 is 0 Å². The predicted octanol–water partition coefficient (Wildman–Crippen LogP) is 1.41. The number of piperazine rings is 1. The first-order valence-corrected chi connectivity index (χ1v) is 5.76. The van der Waals surface area contributed by atoms with Gasteiger partial charge in [0.15, 0.2) is 0 Å². The standard InChI is InChI=1S/C13H20N2/c1-10-4-3-5-12(11(10)2)8-13-9-14-6-7-15-13/h3-5,13-15H,6-9H2,1-2H3. The molecule has 1 fully saturated rings. The normalized spacial score (nSPS) is 21.6. The molecular weight excluding hydrogens is 184 g/mol. The number of aryl methyl sites for hydroxylation is 1. The Hall–Kier alpha value is -0.860. The molecule has 0 aliphatic carbocycles. The highest BCUT2D eigenvalue weighted by molar-refractivity contribution is 5.33. The summed E-state index contributed by atoms with van der Waals surface area (Å²) in [6.07, 6.45) is 1.14. The number of rotatable bonds is 2. The second-order valence-electron chi connectivity index (χ2n) is 4.42. The molecule has 1 saturated heterocycles. The smallest absolute Gasteiger partial charge is 0.0233 e. The molecule has 1 aliphatic heterocycles. The minimum atomic E-state index is 0.597. The molecule has 1 aromatic carbocycles. The summed E-state index contributed by atoms with van der Waals surface area (Å²) in [5, 5.41) is 6.98. The second kappa shape index (κ2) is 4.77. The van der Waals surface area contributed by atoms with Crippen LogP contribution in [0.1, 0.15) is 16.7 Å². The summed E-state index contributed by atoms with van der Waals surface area (Å²) in [5.74, 6) is 0. The van der Waals surface area contributed by atoms with Crippen molar-refractivity contribution in [3.05, 3.63) is 34.9 Å². The third kappa shape index (κ3) is 2.58. The summed E-state index contributed by atoms with van der Waals surface area (Å²) >= 11 is 0. The molecule has 0 bridgehead atoms. The topological polar surface area (TPSA) is 24.1 Å². The zero-order valence-electron chi connectivity index (χ0n) is 9.64. The summed E-state index contributed by atoms with van der Waals surface area (Å²) in [4.78, 5) is 0. The zero-order valence-corrected chi connectivity index (χ0v) is 9.64. The fraction of sp³-hybridized carbons (Fsp3) is 0.538. The van der Waals surface area contributed by atoms with E-state index in [0.29, 0.717) is 6.04 Å². The van der Waals surface area contributed by atoms with Gasteiger partial charge in [0.05, 0.1) is 0 Å². The molecule has 0 saturated carbocycles. The van der Waals surface area contributed by atoms with Crippen LogP contribution in [0.25, 0.3) is 0 Å². The maximum atomic E-state index is 3.55. The van der Waals surface area contributed by atoms with Gasteiger partial charge in [-0.1, -0.05) is 18.2 Å². The first kappa shape index (κ1) is 10.7. The van der Waals surface area contributed by atoms with Gasteiger partial charge in [0.1, 0.15) is 0 Å². The van der Waals surface area contributed by atoms with Gasteiger partial charge in [0, 0.05) is 25.7 Å². The molecule has 82 valence electrons. The van der Waals surface area contributed by atoms with Gasteiger partial charge in [-0.05, 0) is 37.0 Å². The van der Waals surface area contributed by atoms with E-state index in [1.807, 2.05) is 0 Å². The van der Waals surface area contributed by atoms with E-state index >= 15 is 0 Å². The Bertz CT molecular complexity index is 327. The zero-order chi connectivity index (χ0) is 10.7. The van der Waals surface area contributed by atoms with E-state index in [9.17, 15) is 0 Å². The Kier molecular flexibility index (Phi) is 3.39. The molecule has 2 nitrogen and oxygen atoms in total. The second-order valence-corrected chi connectivity index (χ2v) is 4.42. The van der Waals surface area contributed by atoms with Gasteiger partial charge in [-0.3, -0.25) is 0 Å². The van der Waals surface area contributed by atoms with Crippen molar-refractivity contribution in [2.75, 3.05) is 19.6 Å². The first-order valence-electron chi connectivity index (χ1n) is 5.76. The number of nitrogens with one attached hydrogen (secondary N) is 2. The molecule has 1 aromatic rings. The van der Waals surface area contributed by atoms with Crippen LogP contribution in [0, 0.1) is 13.8 Å². The molecule has 1 heterocycles. The van der Waals surface area contributed by atoms with Crippen molar-refractivity contribution < 1.29 is 0 Å². The molecule has 0 aromatic heterocycles. The van der Waals surface area contributed by atoms with Crippen molar-refractivity contribution in [2.24, 2.45) is 0 Å². The Morgan fingerprint density at radius 2 is 2.13 bits per heavy atom. The Balaban J connectivity index is 2.06. The molecule has 0 spiro atoms. The summed E-state index contributed by atoms with van der Waals surface area (Å²) < 4.78 is 0. The van der Waals surface area contributed by atoms with Gasteiger partial charge < -0.3 is 10.6 Å². The summed E-state index contributed by atoms with van der Waals surface area (Å²) in [7, 11) is 0. The number of hydrogen-bond acceptors (Lipinski definition) is 2. The van der Waals surface area contributed by atoms with Crippen LogP contribution in [0.15, 0.2) is 18.2 Å². The SMILES string of the molecule is Cc1cccc(CC2CNCCN2)c1C. The van der Waals surface area contributed by atoms with Crippen LogP contribution in [0.4, 0.5) is 0 Å². The van der Waals surface area contributed by atoms with Crippen LogP contribution in [0.5, 0.6) is 0 Å². The van der Waals surface area contributed by atoms with Crippen molar-refractivity contribution in [1.82, 2.24) is 10.6 Å². The molecular formula is C13H20N2. The summed E-state index contributed by atoms with van der Waals surface area (Å²) in [6, 6.07) is 7.19. The van der Waals surface area contributed by atoms with E-state index in [1.165, 1.54) is 16.7 Å². The molecule has 1 aliphatic rings. The molecule has 0 radical (unpaired) electrons. The lowest BCUT2D eigenvalue weighted by molar-refractivity contribution is 0.416. The van der Waals surface area contributed by atoms with E-state index in [4.69, 9.17) is 0 Å². The van der Waals surface area contributed by atoms with E-state index in [-0.39, 0.29) is 0 Å². The molecule has 1 unspecified atom stereocenters. The highest BCUT2D eigenvalue weighted by atomic mass is 15.0. The Labute approximate surface area is 92.1 Å². The fourth-order valence-electron chi connectivity index (χ4n) is 2.16. The lowest BCUT2D eigenvalue weighted by Crippen LogP contribution is -2.49. The number of hydrogen-bond donors (Lipinski definition) is 2. The van der Waals surface area contributed by atoms with Gasteiger partial charge in [-0.2, -0.15) is 0 Å². The monoisotopic (exact) mass is 204 g/mol. The minimum Gasteiger partial charge on any atom is -0.314 e. The molecule has 2 heteroatoms. The molecule has 15 heavy (non-hydrogen) atoms. The summed E-state index contributed by atoms with van der Waals surface area (Å²) in [5.41, 5.74) is 4.33. The van der Waals surface area contributed by atoms with Crippen LogP contribution in [-0.4, -0.2) is 25.7 Å². The van der Waals surface area contributed by atoms with E-state index in [2.05, 4.69) is 42.7 Å². The van der Waals surface area contributed by atoms with Gasteiger partial charge >= 0.3 is 0 Å². The van der Waals surface area contributed by atoms with Crippen molar-refractivity contribution in [3.8, 4) is 0 Å². The lowest BCUT2D eigenvalue weighted by atomic mass is 9.97. The average Bonchev–Trinajstić information content (AvgIpc) is 2.26. The molecule has 1 atom stereocenters.